The van der Waals surface area contributed by atoms with Crippen molar-refractivity contribution in [2.24, 2.45) is 0 Å². The molecular weight excluding hydrogens is 298 g/mol. The van der Waals surface area contributed by atoms with Crippen molar-refractivity contribution in [3.05, 3.63) is 24.3 Å². The zero-order valence-corrected chi connectivity index (χ0v) is 14.2. The van der Waals surface area contributed by atoms with Gasteiger partial charge in [0.15, 0.2) is 11.5 Å². The van der Waals surface area contributed by atoms with E-state index in [2.05, 4.69) is 0 Å². The van der Waals surface area contributed by atoms with Crippen LogP contribution in [0.4, 0.5) is 0 Å². The molecule has 1 amide bonds. The fourth-order valence-corrected chi connectivity index (χ4v) is 1.87. The first-order valence-electron chi connectivity index (χ1n) is 7.65. The molecule has 0 aliphatic heterocycles. The van der Waals surface area contributed by atoms with Crippen molar-refractivity contribution < 1.29 is 24.2 Å². The number of para-hydroxylation sites is 2. The molecule has 1 rings (SSSR count). The smallest absolute Gasteiger partial charge is 0.329 e. The minimum Gasteiger partial charge on any atom is -0.490 e. The van der Waals surface area contributed by atoms with E-state index in [1.807, 2.05) is 31.2 Å². The van der Waals surface area contributed by atoms with Crippen LogP contribution in [0.25, 0.3) is 0 Å². The highest BCUT2D eigenvalue weighted by Crippen LogP contribution is 2.26. The lowest BCUT2D eigenvalue weighted by atomic mass is 10.0. The van der Waals surface area contributed by atoms with E-state index in [0.717, 1.165) is 0 Å². The van der Waals surface area contributed by atoms with Crippen molar-refractivity contribution in [3.8, 4) is 11.5 Å². The van der Waals surface area contributed by atoms with E-state index in [0.29, 0.717) is 31.1 Å². The molecular formula is C17H25NO5. The lowest BCUT2D eigenvalue weighted by Crippen LogP contribution is -2.50. The van der Waals surface area contributed by atoms with Crippen LogP contribution in [0.5, 0.6) is 11.5 Å². The second-order valence-electron chi connectivity index (χ2n) is 5.65. The monoisotopic (exact) mass is 323 g/mol. The van der Waals surface area contributed by atoms with Crippen LogP contribution in [0, 0.1) is 0 Å². The predicted molar refractivity (Wildman–Crippen MR) is 86.8 cm³/mol. The third-order valence-electron chi connectivity index (χ3n) is 3.68. The number of carboxylic acids is 1. The molecule has 0 unspecified atom stereocenters. The van der Waals surface area contributed by atoms with Gasteiger partial charge in [-0.3, -0.25) is 4.79 Å². The molecule has 0 saturated heterocycles. The van der Waals surface area contributed by atoms with Gasteiger partial charge in [-0.2, -0.15) is 0 Å². The van der Waals surface area contributed by atoms with Gasteiger partial charge in [-0.1, -0.05) is 12.1 Å². The lowest BCUT2D eigenvalue weighted by Gasteiger charge is -2.31. The number of likely N-dealkylation sites (N-methyl/N-ethyl adjacent to an activating group) is 1. The van der Waals surface area contributed by atoms with Gasteiger partial charge < -0.3 is 19.5 Å². The molecule has 1 aromatic carbocycles. The summed E-state index contributed by atoms with van der Waals surface area (Å²) in [6, 6.07) is 7.36. The topological polar surface area (TPSA) is 76.1 Å². The van der Waals surface area contributed by atoms with Crippen LogP contribution in [0.3, 0.4) is 0 Å². The number of carbonyl (C=O) groups is 2. The summed E-state index contributed by atoms with van der Waals surface area (Å²) in [5, 5.41) is 9.13. The third kappa shape index (κ3) is 5.16. The molecule has 0 fully saturated rings. The minimum absolute atomic E-state index is 0.223. The van der Waals surface area contributed by atoms with Crippen LogP contribution in [0.1, 0.15) is 33.6 Å². The Morgan fingerprint density at radius 1 is 1.17 bits per heavy atom. The highest BCUT2D eigenvalue weighted by atomic mass is 16.5. The lowest BCUT2D eigenvalue weighted by molar-refractivity contribution is -0.155. The summed E-state index contributed by atoms with van der Waals surface area (Å²) in [6.07, 6.45) is 0.726. The average Bonchev–Trinajstić information content (AvgIpc) is 2.52. The van der Waals surface area contributed by atoms with E-state index in [-0.39, 0.29) is 12.3 Å². The summed E-state index contributed by atoms with van der Waals surface area (Å²) in [6.45, 7) is 5.81. The van der Waals surface area contributed by atoms with Gasteiger partial charge in [0, 0.05) is 13.5 Å². The Bertz CT molecular complexity index is 542. The number of hydrogen-bond acceptors (Lipinski definition) is 4. The maximum absolute atomic E-state index is 12.1. The summed E-state index contributed by atoms with van der Waals surface area (Å²) < 4.78 is 11.1. The molecule has 0 bridgehead atoms. The number of rotatable bonds is 9. The van der Waals surface area contributed by atoms with Crippen LogP contribution in [-0.4, -0.2) is 47.7 Å². The Morgan fingerprint density at radius 2 is 1.74 bits per heavy atom. The number of amides is 1. The first kappa shape index (κ1) is 18.8. The number of carboxylic acid groups (broad SMARTS) is 1. The number of carbonyl (C=O) groups excluding carboxylic acids is 1. The summed E-state index contributed by atoms with van der Waals surface area (Å²) in [4.78, 5) is 24.5. The van der Waals surface area contributed by atoms with E-state index in [4.69, 9.17) is 14.6 Å². The van der Waals surface area contributed by atoms with Crippen molar-refractivity contribution in [1.82, 2.24) is 4.90 Å². The fourth-order valence-electron chi connectivity index (χ4n) is 1.87. The number of aliphatic carboxylic acids is 1. The second kappa shape index (κ2) is 8.41. The standard InChI is InChI=1S/C17H25NO5/c1-5-22-13-9-6-7-10-14(13)23-12-8-11-15(19)18(4)17(2,3)16(20)21/h6-7,9-10H,5,8,11-12H2,1-4H3,(H,20,21). The fraction of sp³-hybridized carbons (Fsp3) is 0.529. The van der Waals surface area contributed by atoms with Crippen LogP contribution in [0.2, 0.25) is 0 Å². The molecule has 1 aromatic rings. The molecule has 0 aliphatic rings. The highest BCUT2D eigenvalue weighted by molar-refractivity contribution is 5.86. The van der Waals surface area contributed by atoms with Crippen LogP contribution >= 0.6 is 0 Å². The zero-order valence-electron chi connectivity index (χ0n) is 14.2. The Labute approximate surface area is 137 Å². The van der Waals surface area contributed by atoms with Crippen molar-refractivity contribution in [3.63, 3.8) is 0 Å². The summed E-state index contributed by atoms with van der Waals surface area (Å²) >= 11 is 0. The first-order valence-corrected chi connectivity index (χ1v) is 7.65. The molecule has 0 heterocycles. The van der Waals surface area contributed by atoms with E-state index in [1.54, 1.807) is 0 Å². The SMILES string of the molecule is CCOc1ccccc1OCCCC(=O)N(C)C(C)(C)C(=O)O. The average molecular weight is 323 g/mol. The second-order valence-corrected chi connectivity index (χ2v) is 5.65. The number of ether oxygens (including phenoxy) is 2. The molecule has 6 heteroatoms. The Hall–Kier alpha value is -2.24. The van der Waals surface area contributed by atoms with Crippen LogP contribution in [0.15, 0.2) is 24.3 Å². The normalized spacial score (nSPS) is 11.0. The summed E-state index contributed by atoms with van der Waals surface area (Å²) in [7, 11) is 1.50. The van der Waals surface area contributed by atoms with Gasteiger partial charge in [0.2, 0.25) is 5.91 Å². The Kier molecular flexibility index (Phi) is 6.88. The van der Waals surface area contributed by atoms with Gasteiger partial charge in [0.25, 0.3) is 0 Å². The number of benzene rings is 1. The molecule has 0 saturated carbocycles. The summed E-state index contributed by atoms with van der Waals surface area (Å²) in [5.74, 6) is 0.0563. The van der Waals surface area contributed by atoms with Gasteiger partial charge in [-0.15, -0.1) is 0 Å². The van der Waals surface area contributed by atoms with Gasteiger partial charge >= 0.3 is 5.97 Å². The minimum atomic E-state index is -1.22. The van der Waals surface area contributed by atoms with E-state index in [9.17, 15) is 9.59 Å². The van der Waals surface area contributed by atoms with Gasteiger partial charge in [0.05, 0.1) is 13.2 Å². The molecule has 1 N–H and O–H groups in total. The van der Waals surface area contributed by atoms with E-state index >= 15 is 0 Å². The molecule has 0 aromatic heterocycles. The van der Waals surface area contributed by atoms with E-state index < -0.39 is 11.5 Å². The van der Waals surface area contributed by atoms with Crippen molar-refractivity contribution in [2.45, 2.75) is 39.2 Å². The molecule has 0 atom stereocenters. The van der Waals surface area contributed by atoms with E-state index in [1.165, 1.54) is 25.8 Å². The zero-order chi connectivity index (χ0) is 17.5. The molecule has 0 spiro atoms. The first-order chi connectivity index (χ1) is 10.8. The van der Waals surface area contributed by atoms with Crippen LogP contribution in [-0.2, 0) is 9.59 Å². The number of nitrogens with zero attached hydrogens (tertiary/aromatic N) is 1. The van der Waals surface area contributed by atoms with Gasteiger partial charge in [-0.25, -0.2) is 4.79 Å². The molecule has 6 nitrogen and oxygen atoms in total. The maximum Gasteiger partial charge on any atom is 0.329 e. The molecule has 0 aliphatic carbocycles. The summed E-state index contributed by atoms with van der Waals surface area (Å²) in [5.41, 5.74) is -1.22. The molecule has 0 radical (unpaired) electrons. The van der Waals surface area contributed by atoms with Gasteiger partial charge in [-0.05, 0) is 39.3 Å². The van der Waals surface area contributed by atoms with Crippen molar-refractivity contribution in [2.75, 3.05) is 20.3 Å². The largest absolute Gasteiger partial charge is 0.490 e. The van der Waals surface area contributed by atoms with Gasteiger partial charge in [0.1, 0.15) is 5.54 Å². The quantitative estimate of drug-likeness (QED) is 0.707. The number of hydrogen-bond donors (Lipinski definition) is 1. The third-order valence-corrected chi connectivity index (χ3v) is 3.68. The van der Waals surface area contributed by atoms with Crippen molar-refractivity contribution >= 4 is 11.9 Å². The molecule has 128 valence electrons. The Morgan fingerprint density at radius 3 is 2.26 bits per heavy atom. The highest BCUT2D eigenvalue weighted by Gasteiger charge is 2.34. The van der Waals surface area contributed by atoms with Crippen LogP contribution < -0.4 is 9.47 Å². The van der Waals surface area contributed by atoms with Crippen molar-refractivity contribution in [1.29, 1.82) is 0 Å². The predicted octanol–water partition coefficient (Wildman–Crippen LogP) is 2.57. The molecule has 23 heavy (non-hydrogen) atoms. The Balaban J connectivity index is 2.46. The maximum atomic E-state index is 12.1.